The van der Waals surface area contributed by atoms with Gasteiger partial charge in [0.05, 0.1) is 0 Å². The highest BCUT2D eigenvalue weighted by Gasteiger charge is 2.07. The first-order valence-corrected chi connectivity index (χ1v) is 2.98. The van der Waals surface area contributed by atoms with Crippen LogP contribution in [0, 0.1) is 0 Å². The maximum absolute atomic E-state index is 10.3. The van der Waals surface area contributed by atoms with E-state index in [1.54, 1.807) is 6.92 Å². The van der Waals surface area contributed by atoms with E-state index < -0.39 is 0 Å². The Labute approximate surface area is 60.6 Å². The Morgan fingerprint density at radius 1 is 1.60 bits per heavy atom. The van der Waals surface area contributed by atoms with E-state index in [1.807, 2.05) is 0 Å². The highest BCUT2D eigenvalue weighted by atomic mass is 16.6. The van der Waals surface area contributed by atoms with E-state index in [4.69, 9.17) is 4.74 Å². The zero-order chi connectivity index (χ0) is 8.15. The second-order valence-electron chi connectivity index (χ2n) is 1.94. The molecule has 0 radical (unpaired) electrons. The molecule has 0 saturated carbocycles. The predicted octanol–water partition coefficient (Wildman–Crippen LogP) is 1.10. The molecule has 0 bridgehead atoms. The molecule has 0 aliphatic rings. The van der Waals surface area contributed by atoms with Crippen LogP contribution in [-0.4, -0.2) is 19.2 Å². The number of ether oxygens (including phenoxy) is 2. The summed E-state index contributed by atoms with van der Waals surface area (Å²) in [6.07, 6.45) is -0.233. The quantitative estimate of drug-likeness (QED) is 0.439. The fourth-order valence-electron chi connectivity index (χ4n) is 0.399. The largest absolute Gasteiger partial charge is 0.429 e. The van der Waals surface area contributed by atoms with Crippen molar-refractivity contribution in [2.75, 3.05) is 7.11 Å². The number of rotatable bonds is 3. The normalized spacial score (nSPS) is 12.3. The van der Waals surface area contributed by atoms with Gasteiger partial charge in [-0.25, -0.2) is 0 Å². The molecule has 1 atom stereocenters. The van der Waals surface area contributed by atoms with Crippen LogP contribution in [0.15, 0.2) is 12.3 Å². The molecule has 0 fully saturated rings. The lowest BCUT2D eigenvalue weighted by atomic mass is 10.3. The van der Waals surface area contributed by atoms with Crippen molar-refractivity contribution in [1.82, 2.24) is 0 Å². The van der Waals surface area contributed by atoms with E-state index in [-0.39, 0.29) is 12.1 Å². The maximum Gasteiger partial charge on any atom is 0.307 e. The third-order valence-electron chi connectivity index (χ3n) is 1.08. The Hall–Kier alpha value is -0.830. The van der Waals surface area contributed by atoms with Gasteiger partial charge in [-0.1, -0.05) is 6.58 Å². The van der Waals surface area contributed by atoms with E-state index in [1.165, 1.54) is 14.0 Å². The molecule has 0 aliphatic heterocycles. The molecule has 0 spiro atoms. The van der Waals surface area contributed by atoms with E-state index in [0.29, 0.717) is 5.76 Å². The zero-order valence-corrected chi connectivity index (χ0v) is 6.51. The summed E-state index contributed by atoms with van der Waals surface area (Å²) in [6.45, 7) is 6.58. The molecule has 0 heterocycles. The number of hydrogen-bond acceptors (Lipinski definition) is 3. The number of esters is 1. The molecule has 1 unspecified atom stereocenters. The molecule has 0 aliphatic carbocycles. The fourth-order valence-corrected chi connectivity index (χ4v) is 0.399. The van der Waals surface area contributed by atoms with Crippen molar-refractivity contribution in [2.45, 2.75) is 20.0 Å². The monoisotopic (exact) mass is 144 g/mol. The molecule has 0 aromatic carbocycles. The van der Waals surface area contributed by atoms with Gasteiger partial charge in [-0.15, -0.1) is 0 Å². The first kappa shape index (κ1) is 9.17. The standard InChI is InChI=1S/C7H12O3/c1-5(9-4)6(2)10-7(3)8/h5H,2H2,1,3-4H3. The van der Waals surface area contributed by atoms with Crippen LogP contribution in [-0.2, 0) is 14.3 Å². The van der Waals surface area contributed by atoms with Gasteiger partial charge in [0.1, 0.15) is 11.9 Å². The van der Waals surface area contributed by atoms with Crippen LogP contribution in [0.3, 0.4) is 0 Å². The lowest BCUT2D eigenvalue weighted by Gasteiger charge is -2.10. The Morgan fingerprint density at radius 3 is 2.40 bits per heavy atom. The minimum atomic E-state index is -0.367. The Bertz CT molecular complexity index is 140. The molecule has 0 rings (SSSR count). The lowest BCUT2D eigenvalue weighted by molar-refractivity contribution is -0.138. The van der Waals surface area contributed by atoms with Crippen LogP contribution < -0.4 is 0 Å². The zero-order valence-electron chi connectivity index (χ0n) is 6.51. The highest BCUT2D eigenvalue weighted by molar-refractivity contribution is 5.67. The summed E-state index contributed by atoms with van der Waals surface area (Å²) < 4.78 is 9.48. The Kier molecular flexibility index (Phi) is 3.72. The van der Waals surface area contributed by atoms with Crippen LogP contribution >= 0.6 is 0 Å². The van der Waals surface area contributed by atoms with Crippen molar-refractivity contribution < 1.29 is 14.3 Å². The van der Waals surface area contributed by atoms with Gasteiger partial charge in [0.15, 0.2) is 0 Å². The maximum atomic E-state index is 10.3. The highest BCUT2D eigenvalue weighted by Crippen LogP contribution is 2.03. The predicted molar refractivity (Wildman–Crippen MR) is 37.4 cm³/mol. The van der Waals surface area contributed by atoms with Crippen molar-refractivity contribution >= 4 is 5.97 Å². The van der Waals surface area contributed by atoms with Crippen molar-refractivity contribution in [1.29, 1.82) is 0 Å². The van der Waals surface area contributed by atoms with Gasteiger partial charge in [-0.3, -0.25) is 4.79 Å². The summed E-state index contributed by atoms with van der Waals surface area (Å²) in [5.41, 5.74) is 0. The van der Waals surface area contributed by atoms with Gasteiger partial charge >= 0.3 is 5.97 Å². The molecule has 3 nitrogen and oxygen atoms in total. The minimum absolute atomic E-state index is 0.233. The molecule has 10 heavy (non-hydrogen) atoms. The summed E-state index contributed by atoms with van der Waals surface area (Å²) in [7, 11) is 1.53. The second kappa shape index (κ2) is 4.06. The molecule has 58 valence electrons. The summed E-state index contributed by atoms with van der Waals surface area (Å²) >= 11 is 0. The van der Waals surface area contributed by atoms with Gasteiger partial charge in [0.25, 0.3) is 0 Å². The topological polar surface area (TPSA) is 35.5 Å². The molecule has 0 amide bonds. The average Bonchev–Trinajstić information content (AvgIpc) is 1.85. The van der Waals surface area contributed by atoms with Gasteiger partial charge in [0, 0.05) is 14.0 Å². The number of carbonyl (C=O) groups is 1. The Balaban J connectivity index is 3.73. The summed E-state index contributed by atoms with van der Waals surface area (Å²) in [4.78, 5) is 10.3. The second-order valence-corrected chi connectivity index (χ2v) is 1.94. The molecule has 0 N–H and O–H groups in total. The number of methoxy groups -OCH3 is 1. The molecule has 0 saturated heterocycles. The summed E-state index contributed by atoms with van der Waals surface area (Å²) in [5, 5.41) is 0. The minimum Gasteiger partial charge on any atom is -0.429 e. The van der Waals surface area contributed by atoms with Crippen molar-refractivity contribution in [3.63, 3.8) is 0 Å². The number of hydrogen-bond donors (Lipinski definition) is 0. The van der Waals surface area contributed by atoms with Gasteiger partial charge in [-0.2, -0.15) is 0 Å². The van der Waals surface area contributed by atoms with Crippen molar-refractivity contribution in [3.05, 3.63) is 12.3 Å². The van der Waals surface area contributed by atoms with E-state index in [2.05, 4.69) is 11.3 Å². The third-order valence-corrected chi connectivity index (χ3v) is 1.08. The molecule has 0 aromatic rings. The van der Waals surface area contributed by atoms with E-state index in [0.717, 1.165) is 0 Å². The van der Waals surface area contributed by atoms with E-state index >= 15 is 0 Å². The SMILES string of the molecule is C=C(OC(C)=O)C(C)OC. The summed E-state index contributed by atoms with van der Waals surface area (Å²) in [5.74, 6) is -0.0242. The molecule has 3 heteroatoms. The van der Waals surface area contributed by atoms with Crippen LogP contribution in [0.2, 0.25) is 0 Å². The van der Waals surface area contributed by atoms with Crippen LogP contribution in [0.4, 0.5) is 0 Å². The number of carbonyl (C=O) groups excluding carboxylic acids is 1. The van der Waals surface area contributed by atoms with Gasteiger partial charge < -0.3 is 9.47 Å². The fraction of sp³-hybridized carbons (Fsp3) is 0.571. The average molecular weight is 144 g/mol. The third kappa shape index (κ3) is 3.25. The first-order chi connectivity index (χ1) is 4.57. The van der Waals surface area contributed by atoms with Gasteiger partial charge in [-0.05, 0) is 6.92 Å². The summed E-state index contributed by atoms with van der Waals surface area (Å²) in [6, 6.07) is 0. The van der Waals surface area contributed by atoms with Crippen LogP contribution in [0.5, 0.6) is 0 Å². The van der Waals surface area contributed by atoms with Crippen LogP contribution in [0.25, 0.3) is 0 Å². The van der Waals surface area contributed by atoms with Crippen molar-refractivity contribution in [2.24, 2.45) is 0 Å². The first-order valence-electron chi connectivity index (χ1n) is 2.98. The van der Waals surface area contributed by atoms with E-state index in [9.17, 15) is 4.79 Å². The molecule has 0 aromatic heterocycles. The molecular formula is C7H12O3. The van der Waals surface area contributed by atoms with Crippen molar-refractivity contribution in [3.8, 4) is 0 Å². The smallest absolute Gasteiger partial charge is 0.307 e. The van der Waals surface area contributed by atoms with Crippen LogP contribution in [0.1, 0.15) is 13.8 Å². The van der Waals surface area contributed by atoms with Gasteiger partial charge in [0.2, 0.25) is 0 Å². The lowest BCUT2D eigenvalue weighted by Crippen LogP contribution is -2.12. The Morgan fingerprint density at radius 2 is 2.10 bits per heavy atom. The molecular weight excluding hydrogens is 132 g/mol.